The van der Waals surface area contributed by atoms with Crippen molar-refractivity contribution in [2.24, 2.45) is 7.05 Å². The summed E-state index contributed by atoms with van der Waals surface area (Å²) in [6.45, 7) is 0.0181. The lowest BCUT2D eigenvalue weighted by atomic mass is 10.2. The van der Waals surface area contributed by atoms with E-state index in [4.69, 9.17) is 16.0 Å². The van der Waals surface area contributed by atoms with E-state index in [1.54, 1.807) is 31.3 Å². The lowest BCUT2D eigenvalue weighted by molar-refractivity contribution is 0.457. The van der Waals surface area contributed by atoms with Crippen molar-refractivity contribution in [3.63, 3.8) is 0 Å². The largest absolute Gasteiger partial charge is 0.419 e. The second-order valence-electron chi connectivity index (χ2n) is 5.07. The topological polar surface area (TPSA) is 105 Å². The molecule has 120 valence electrons. The molecular formula is C14H10ClN7O2. The van der Waals surface area contributed by atoms with Gasteiger partial charge in [0, 0.05) is 17.6 Å². The van der Waals surface area contributed by atoms with Gasteiger partial charge in [0.25, 0.3) is 5.56 Å². The average Bonchev–Trinajstić information content (AvgIpc) is 3.18. The SMILES string of the molecule is Cn1ncc2c(=O)n(Cc3nnc(-c4cccc(Cl)c4)o3)nnc21. The number of hydrogen-bond donors (Lipinski definition) is 0. The van der Waals surface area contributed by atoms with Crippen LogP contribution >= 0.6 is 11.6 Å². The predicted molar refractivity (Wildman–Crippen MR) is 84.4 cm³/mol. The fourth-order valence-corrected chi connectivity index (χ4v) is 2.45. The Morgan fingerprint density at radius 3 is 2.96 bits per heavy atom. The molecule has 0 radical (unpaired) electrons. The first-order chi connectivity index (χ1) is 11.6. The van der Waals surface area contributed by atoms with Crippen LogP contribution in [0.15, 0.2) is 39.7 Å². The smallest absolute Gasteiger partial charge is 0.281 e. The van der Waals surface area contributed by atoms with E-state index in [2.05, 4.69) is 25.6 Å². The van der Waals surface area contributed by atoms with E-state index >= 15 is 0 Å². The number of aryl methyl sites for hydroxylation is 1. The third-order valence-electron chi connectivity index (χ3n) is 3.44. The molecule has 3 aromatic heterocycles. The standard InChI is InChI=1S/C14H10ClN7O2/c1-21-12-10(6-16-21)14(23)22(20-18-12)7-11-17-19-13(24-11)8-3-2-4-9(15)5-8/h2-6H,7H2,1H3. The van der Waals surface area contributed by atoms with Crippen LogP contribution in [0, 0.1) is 0 Å². The van der Waals surface area contributed by atoms with E-state index in [0.717, 1.165) is 4.68 Å². The molecule has 4 aromatic rings. The molecule has 0 aliphatic heterocycles. The molecule has 3 heterocycles. The molecule has 0 atom stereocenters. The van der Waals surface area contributed by atoms with Crippen LogP contribution in [0.3, 0.4) is 0 Å². The molecule has 0 spiro atoms. The number of aromatic nitrogens is 7. The first-order valence-corrected chi connectivity index (χ1v) is 7.33. The Hall–Kier alpha value is -3.07. The second kappa shape index (κ2) is 5.53. The molecular weight excluding hydrogens is 334 g/mol. The van der Waals surface area contributed by atoms with Gasteiger partial charge in [-0.15, -0.1) is 15.3 Å². The maximum atomic E-state index is 12.4. The van der Waals surface area contributed by atoms with Crippen LogP contribution in [0.1, 0.15) is 5.89 Å². The minimum Gasteiger partial charge on any atom is -0.419 e. The molecule has 24 heavy (non-hydrogen) atoms. The highest BCUT2D eigenvalue weighted by Gasteiger charge is 2.14. The van der Waals surface area contributed by atoms with Gasteiger partial charge >= 0.3 is 0 Å². The Kier molecular flexibility index (Phi) is 3.35. The number of fused-ring (bicyclic) bond motifs is 1. The van der Waals surface area contributed by atoms with Crippen LogP contribution < -0.4 is 5.56 Å². The van der Waals surface area contributed by atoms with Gasteiger partial charge in [-0.25, -0.2) is 9.36 Å². The van der Waals surface area contributed by atoms with Crippen molar-refractivity contribution >= 4 is 22.6 Å². The summed E-state index contributed by atoms with van der Waals surface area (Å²) < 4.78 is 8.21. The molecule has 0 amide bonds. The third kappa shape index (κ3) is 2.44. The Balaban J connectivity index is 1.67. The van der Waals surface area contributed by atoms with Gasteiger partial charge < -0.3 is 4.42 Å². The predicted octanol–water partition coefficient (Wildman–Crippen LogP) is 1.28. The summed E-state index contributed by atoms with van der Waals surface area (Å²) in [5.74, 6) is 0.556. The Labute approximate surface area is 139 Å². The normalized spacial score (nSPS) is 11.2. The van der Waals surface area contributed by atoms with Crippen molar-refractivity contribution in [1.29, 1.82) is 0 Å². The van der Waals surface area contributed by atoms with E-state index in [-0.39, 0.29) is 18.0 Å². The molecule has 0 bridgehead atoms. The minimum atomic E-state index is -0.324. The molecule has 10 heteroatoms. The van der Waals surface area contributed by atoms with Gasteiger partial charge in [-0.3, -0.25) is 4.79 Å². The number of halogens is 1. The lowest BCUT2D eigenvalue weighted by Crippen LogP contribution is -2.24. The minimum absolute atomic E-state index is 0.0181. The van der Waals surface area contributed by atoms with Gasteiger partial charge in [0.05, 0.1) is 6.20 Å². The molecule has 0 aliphatic rings. The van der Waals surface area contributed by atoms with E-state index < -0.39 is 0 Å². The van der Waals surface area contributed by atoms with Crippen molar-refractivity contribution in [3.8, 4) is 11.5 Å². The van der Waals surface area contributed by atoms with Crippen LogP contribution in [0.25, 0.3) is 22.5 Å². The van der Waals surface area contributed by atoms with Gasteiger partial charge in [-0.2, -0.15) is 5.10 Å². The van der Waals surface area contributed by atoms with Crippen molar-refractivity contribution in [2.45, 2.75) is 6.54 Å². The Morgan fingerprint density at radius 1 is 1.25 bits per heavy atom. The van der Waals surface area contributed by atoms with Gasteiger partial charge in [0.15, 0.2) is 5.65 Å². The van der Waals surface area contributed by atoms with Crippen molar-refractivity contribution in [3.05, 3.63) is 51.7 Å². The van der Waals surface area contributed by atoms with Gasteiger partial charge in [-0.05, 0) is 18.2 Å². The molecule has 0 saturated carbocycles. The number of benzene rings is 1. The number of rotatable bonds is 3. The Bertz CT molecular complexity index is 1100. The molecule has 0 unspecified atom stereocenters. The summed E-state index contributed by atoms with van der Waals surface area (Å²) in [6.07, 6.45) is 1.45. The van der Waals surface area contributed by atoms with Crippen molar-refractivity contribution < 1.29 is 4.42 Å². The zero-order valence-electron chi connectivity index (χ0n) is 12.4. The van der Waals surface area contributed by atoms with Gasteiger partial charge in [0.2, 0.25) is 11.8 Å². The molecule has 1 aromatic carbocycles. The van der Waals surface area contributed by atoms with E-state index in [1.807, 2.05) is 0 Å². The van der Waals surface area contributed by atoms with Crippen LogP contribution in [-0.2, 0) is 13.6 Å². The summed E-state index contributed by atoms with van der Waals surface area (Å²) in [7, 11) is 1.69. The van der Waals surface area contributed by atoms with Crippen LogP contribution in [-0.4, -0.2) is 35.0 Å². The van der Waals surface area contributed by atoms with E-state index in [9.17, 15) is 4.79 Å². The summed E-state index contributed by atoms with van der Waals surface area (Å²) in [4.78, 5) is 12.4. The summed E-state index contributed by atoms with van der Waals surface area (Å²) in [5, 5.41) is 20.7. The average molecular weight is 344 g/mol. The fraction of sp³-hybridized carbons (Fsp3) is 0.143. The van der Waals surface area contributed by atoms with E-state index in [0.29, 0.717) is 27.5 Å². The van der Waals surface area contributed by atoms with Crippen LogP contribution in [0.2, 0.25) is 5.02 Å². The molecule has 0 N–H and O–H groups in total. The second-order valence-corrected chi connectivity index (χ2v) is 5.51. The summed E-state index contributed by atoms with van der Waals surface area (Å²) in [5.41, 5.74) is 0.791. The summed E-state index contributed by atoms with van der Waals surface area (Å²) >= 11 is 5.95. The molecule has 9 nitrogen and oxygen atoms in total. The molecule has 4 rings (SSSR count). The van der Waals surface area contributed by atoms with Gasteiger partial charge in [0.1, 0.15) is 11.9 Å². The molecule has 0 aliphatic carbocycles. The van der Waals surface area contributed by atoms with E-state index in [1.165, 1.54) is 10.9 Å². The first-order valence-electron chi connectivity index (χ1n) is 6.95. The maximum absolute atomic E-state index is 12.4. The zero-order valence-corrected chi connectivity index (χ0v) is 13.2. The van der Waals surface area contributed by atoms with Gasteiger partial charge in [-0.1, -0.05) is 22.9 Å². The van der Waals surface area contributed by atoms with Crippen molar-refractivity contribution in [1.82, 2.24) is 35.0 Å². The fourth-order valence-electron chi connectivity index (χ4n) is 2.26. The monoisotopic (exact) mass is 343 g/mol. The maximum Gasteiger partial charge on any atom is 0.281 e. The zero-order chi connectivity index (χ0) is 16.7. The Morgan fingerprint density at radius 2 is 2.12 bits per heavy atom. The highest BCUT2D eigenvalue weighted by Crippen LogP contribution is 2.21. The molecule has 0 fully saturated rings. The highest BCUT2D eigenvalue weighted by molar-refractivity contribution is 6.30. The first kappa shape index (κ1) is 14.5. The quantitative estimate of drug-likeness (QED) is 0.551. The van der Waals surface area contributed by atoms with Crippen molar-refractivity contribution in [2.75, 3.05) is 0 Å². The third-order valence-corrected chi connectivity index (χ3v) is 3.68. The lowest BCUT2D eigenvalue weighted by Gasteiger charge is -1.99. The number of nitrogens with zero attached hydrogens (tertiary/aromatic N) is 7. The van der Waals surface area contributed by atoms with Crippen LogP contribution in [0.4, 0.5) is 0 Å². The number of hydrogen-bond acceptors (Lipinski definition) is 7. The molecule has 0 saturated heterocycles. The van der Waals surface area contributed by atoms with Crippen LogP contribution in [0.5, 0.6) is 0 Å². The highest BCUT2D eigenvalue weighted by atomic mass is 35.5. The summed E-state index contributed by atoms with van der Waals surface area (Å²) in [6, 6.07) is 7.05.